The Morgan fingerprint density at radius 2 is 2.24 bits per heavy atom. The van der Waals surface area contributed by atoms with Gasteiger partial charge < -0.3 is 14.7 Å². The van der Waals surface area contributed by atoms with Crippen molar-refractivity contribution in [3.05, 3.63) is 42.2 Å². The van der Waals surface area contributed by atoms with E-state index in [1.165, 1.54) is 0 Å². The number of pyridine rings is 1. The van der Waals surface area contributed by atoms with Crippen LogP contribution in [0, 0.1) is 11.8 Å². The van der Waals surface area contributed by atoms with Crippen molar-refractivity contribution in [1.82, 2.24) is 9.88 Å². The van der Waals surface area contributed by atoms with Gasteiger partial charge in [0.2, 0.25) is 5.91 Å². The number of carboxylic acids is 1. The van der Waals surface area contributed by atoms with Gasteiger partial charge in [-0.15, -0.1) is 0 Å². The molecule has 0 radical (unpaired) electrons. The van der Waals surface area contributed by atoms with E-state index in [4.69, 9.17) is 4.74 Å². The van der Waals surface area contributed by atoms with Crippen molar-refractivity contribution < 1.29 is 19.4 Å². The summed E-state index contributed by atoms with van der Waals surface area (Å²) < 4.78 is 5.83. The Hall–Kier alpha value is -2.21. The van der Waals surface area contributed by atoms with Gasteiger partial charge >= 0.3 is 5.97 Å². The minimum Gasteiger partial charge on any atom is -0.481 e. The van der Waals surface area contributed by atoms with E-state index in [1.807, 2.05) is 18.2 Å². The molecule has 2 bridgehead atoms. The second-order valence-electron chi connectivity index (χ2n) is 5.79. The molecule has 4 heterocycles. The summed E-state index contributed by atoms with van der Waals surface area (Å²) in [4.78, 5) is 29.7. The maximum atomic E-state index is 12.6. The molecule has 1 spiro atoms. The molecule has 3 aliphatic rings. The van der Waals surface area contributed by atoms with E-state index < -0.39 is 29.5 Å². The number of rotatable bonds is 3. The average molecular weight is 286 g/mol. The number of carbonyl (C=O) groups is 2. The molecule has 21 heavy (non-hydrogen) atoms. The predicted octanol–water partition coefficient (Wildman–Crippen LogP) is 0.448. The molecule has 108 valence electrons. The Labute approximate surface area is 121 Å². The molecule has 6 heteroatoms. The van der Waals surface area contributed by atoms with E-state index >= 15 is 0 Å². The first-order valence-corrected chi connectivity index (χ1v) is 6.88. The standard InChI is InChI=1S/C15H14N2O4/c18-13-12-11(14(19)20)10-1-4-15(12,21-10)8-17(13)7-9-2-5-16-6-3-9/h1-6,10-12H,7-8H2,(H,19,20)/t10-,11-,12-,15+/m0/s1. The predicted molar refractivity (Wildman–Crippen MR) is 71.0 cm³/mol. The summed E-state index contributed by atoms with van der Waals surface area (Å²) in [5.41, 5.74) is 0.220. The van der Waals surface area contributed by atoms with E-state index in [-0.39, 0.29) is 5.91 Å². The van der Waals surface area contributed by atoms with Crippen molar-refractivity contribution in [1.29, 1.82) is 0 Å². The number of nitrogens with zero attached hydrogens (tertiary/aromatic N) is 2. The minimum absolute atomic E-state index is 0.133. The zero-order valence-corrected chi connectivity index (χ0v) is 11.2. The van der Waals surface area contributed by atoms with Crippen LogP contribution in [0.15, 0.2) is 36.7 Å². The van der Waals surface area contributed by atoms with Gasteiger partial charge in [0.05, 0.1) is 18.6 Å². The number of amides is 1. The molecule has 2 saturated heterocycles. The second-order valence-corrected chi connectivity index (χ2v) is 5.79. The van der Waals surface area contributed by atoms with Crippen LogP contribution in [0.5, 0.6) is 0 Å². The normalized spacial score (nSPS) is 36.3. The number of ether oxygens (including phenoxy) is 1. The Balaban J connectivity index is 1.63. The molecule has 2 fully saturated rings. The molecule has 1 aromatic rings. The van der Waals surface area contributed by atoms with Crippen molar-refractivity contribution in [3.63, 3.8) is 0 Å². The lowest BCUT2D eigenvalue weighted by atomic mass is 9.77. The summed E-state index contributed by atoms with van der Waals surface area (Å²) in [7, 11) is 0. The molecule has 0 saturated carbocycles. The average Bonchev–Trinajstić information content (AvgIpc) is 3.09. The van der Waals surface area contributed by atoms with Crippen molar-refractivity contribution in [2.24, 2.45) is 11.8 Å². The fourth-order valence-electron chi connectivity index (χ4n) is 3.70. The van der Waals surface area contributed by atoms with Crippen LogP contribution in [0.2, 0.25) is 0 Å². The fourth-order valence-corrected chi connectivity index (χ4v) is 3.70. The van der Waals surface area contributed by atoms with Crippen molar-refractivity contribution in [2.45, 2.75) is 18.2 Å². The maximum Gasteiger partial charge on any atom is 0.310 e. The van der Waals surface area contributed by atoms with Gasteiger partial charge in [0.25, 0.3) is 0 Å². The van der Waals surface area contributed by atoms with Gasteiger partial charge in [-0.3, -0.25) is 14.6 Å². The van der Waals surface area contributed by atoms with Crippen molar-refractivity contribution >= 4 is 11.9 Å². The summed E-state index contributed by atoms with van der Waals surface area (Å²) in [5, 5.41) is 9.38. The summed E-state index contributed by atoms with van der Waals surface area (Å²) in [6, 6.07) is 3.70. The molecule has 0 aromatic carbocycles. The smallest absolute Gasteiger partial charge is 0.310 e. The van der Waals surface area contributed by atoms with E-state index in [1.54, 1.807) is 23.4 Å². The van der Waals surface area contributed by atoms with Gasteiger partial charge in [-0.1, -0.05) is 12.2 Å². The Kier molecular flexibility index (Phi) is 2.47. The highest BCUT2D eigenvalue weighted by atomic mass is 16.5. The van der Waals surface area contributed by atoms with Crippen LogP contribution in [-0.4, -0.2) is 45.1 Å². The molecular weight excluding hydrogens is 272 g/mol. The lowest BCUT2D eigenvalue weighted by Crippen LogP contribution is -2.39. The van der Waals surface area contributed by atoms with Gasteiger partial charge in [0.1, 0.15) is 11.5 Å². The minimum atomic E-state index is -0.963. The van der Waals surface area contributed by atoms with Gasteiger partial charge in [-0.2, -0.15) is 0 Å². The summed E-state index contributed by atoms with van der Waals surface area (Å²) >= 11 is 0. The number of hydrogen-bond acceptors (Lipinski definition) is 4. The van der Waals surface area contributed by atoms with Crippen LogP contribution in [0.4, 0.5) is 0 Å². The highest BCUT2D eigenvalue weighted by Gasteiger charge is 2.66. The quantitative estimate of drug-likeness (QED) is 0.816. The monoisotopic (exact) mass is 286 g/mol. The summed E-state index contributed by atoms with van der Waals surface area (Å²) in [5.74, 6) is -2.47. The topological polar surface area (TPSA) is 79.7 Å². The largest absolute Gasteiger partial charge is 0.481 e. The van der Waals surface area contributed by atoms with Crippen molar-refractivity contribution in [2.75, 3.05) is 6.54 Å². The maximum absolute atomic E-state index is 12.6. The highest BCUT2D eigenvalue weighted by Crippen LogP contribution is 2.52. The Bertz CT molecular complexity index is 644. The third-order valence-corrected chi connectivity index (χ3v) is 4.59. The van der Waals surface area contributed by atoms with E-state index in [9.17, 15) is 14.7 Å². The lowest BCUT2D eigenvalue weighted by Gasteiger charge is -2.21. The molecule has 1 amide bonds. The third kappa shape index (κ3) is 1.65. The molecule has 1 N–H and O–H groups in total. The van der Waals surface area contributed by atoms with Gasteiger partial charge in [-0.25, -0.2) is 0 Å². The second kappa shape index (κ2) is 4.14. The molecular formula is C15H14N2O4. The van der Waals surface area contributed by atoms with Crippen LogP contribution < -0.4 is 0 Å². The molecule has 0 unspecified atom stereocenters. The first-order valence-electron chi connectivity index (χ1n) is 6.88. The number of likely N-dealkylation sites (tertiary alicyclic amines) is 1. The van der Waals surface area contributed by atoms with Gasteiger partial charge in [0.15, 0.2) is 0 Å². The van der Waals surface area contributed by atoms with Crippen LogP contribution in [0.25, 0.3) is 0 Å². The fraction of sp³-hybridized carbons (Fsp3) is 0.400. The zero-order valence-electron chi connectivity index (χ0n) is 11.2. The molecule has 1 aromatic heterocycles. The number of carboxylic acid groups (broad SMARTS) is 1. The first kappa shape index (κ1) is 12.5. The van der Waals surface area contributed by atoms with E-state index in [0.717, 1.165) is 5.56 Å². The number of aromatic nitrogens is 1. The SMILES string of the molecule is O=C(O)[C@H]1[C@@H]2C=C[C@]3(CN(Cc4ccncc4)C(=O)[C@H]13)O2. The lowest BCUT2D eigenvalue weighted by molar-refractivity contribution is -0.148. The van der Waals surface area contributed by atoms with Crippen molar-refractivity contribution in [3.8, 4) is 0 Å². The Morgan fingerprint density at radius 1 is 1.48 bits per heavy atom. The first-order chi connectivity index (χ1) is 10.1. The van der Waals surface area contributed by atoms with Crippen LogP contribution in [0.3, 0.4) is 0 Å². The molecule has 6 nitrogen and oxygen atoms in total. The number of carbonyl (C=O) groups excluding carboxylic acids is 1. The zero-order chi connectivity index (χ0) is 14.6. The highest BCUT2D eigenvalue weighted by molar-refractivity contribution is 5.90. The Morgan fingerprint density at radius 3 is 2.95 bits per heavy atom. The van der Waals surface area contributed by atoms with Crippen LogP contribution in [-0.2, 0) is 20.9 Å². The van der Waals surface area contributed by atoms with E-state index in [2.05, 4.69) is 4.98 Å². The van der Waals surface area contributed by atoms with Gasteiger partial charge in [0, 0.05) is 18.9 Å². The van der Waals surface area contributed by atoms with Crippen LogP contribution >= 0.6 is 0 Å². The summed E-state index contributed by atoms with van der Waals surface area (Å²) in [6.45, 7) is 0.864. The molecule has 0 aliphatic carbocycles. The number of aliphatic carboxylic acids is 1. The number of fused-ring (bicyclic) bond motifs is 1. The summed E-state index contributed by atoms with van der Waals surface area (Å²) in [6.07, 6.45) is 6.53. The number of hydrogen-bond donors (Lipinski definition) is 1. The molecule has 4 atom stereocenters. The van der Waals surface area contributed by atoms with Crippen LogP contribution in [0.1, 0.15) is 5.56 Å². The van der Waals surface area contributed by atoms with Gasteiger partial charge in [-0.05, 0) is 17.7 Å². The molecule has 3 aliphatic heterocycles. The third-order valence-electron chi connectivity index (χ3n) is 4.59. The molecule has 4 rings (SSSR count). The van der Waals surface area contributed by atoms with E-state index in [0.29, 0.717) is 13.1 Å².